The average Bonchev–Trinajstić information content (AvgIpc) is 3.15. The van der Waals surface area contributed by atoms with Crippen LogP contribution in [0.1, 0.15) is 210 Å². The van der Waals surface area contributed by atoms with Crippen molar-refractivity contribution >= 4 is 26.7 Å². The Kier molecular flexibility index (Phi) is 42.8. The fraction of sp³-hybridized carbons (Fsp3) is 0.822. The lowest BCUT2D eigenvalue weighted by Gasteiger charge is -2.28. The summed E-state index contributed by atoms with van der Waals surface area (Å²) in [4.78, 5) is 23.8. The van der Waals surface area contributed by atoms with E-state index in [0.717, 1.165) is 12.6 Å². The third-order valence-electron chi connectivity index (χ3n) is 10.8. The molecule has 0 radical (unpaired) electrons. The highest BCUT2D eigenvalue weighted by atomic mass is 79.9. The van der Waals surface area contributed by atoms with Crippen LogP contribution in [0.3, 0.4) is 0 Å². The van der Waals surface area contributed by atoms with E-state index in [-0.39, 0.29) is 39.9 Å². The van der Waals surface area contributed by atoms with Gasteiger partial charge in [-0.25, -0.2) is 0 Å². The molecule has 0 atom stereocenters. The quantitative estimate of drug-likeness (QED) is 0.0436. The fourth-order valence-corrected chi connectivity index (χ4v) is 17.1. The lowest BCUT2D eigenvalue weighted by Crippen LogP contribution is -3.00. The molecule has 0 heterocycles. The van der Waals surface area contributed by atoms with Crippen LogP contribution >= 0.6 is 14.5 Å². The maximum absolute atomic E-state index is 12.6. The van der Waals surface area contributed by atoms with E-state index in [1.165, 1.54) is 153 Å². The SMILES string of the molecule is CCCCCCCCCCCC[P+](CCCC)(CCCC)CCCC.CCCC[P+](CCCC)(CCCC)CNC(=O)c1ccccc1C=O.[Br-].[Br-]. The van der Waals surface area contributed by atoms with E-state index < -0.39 is 14.5 Å². The van der Waals surface area contributed by atoms with Gasteiger partial charge in [0.2, 0.25) is 0 Å². The van der Waals surface area contributed by atoms with Crippen molar-refractivity contribution in [3.05, 3.63) is 35.4 Å². The van der Waals surface area contributed by atoms with Crippen molar-refractivity contribution in [2.24, 2.45) is 0 Å². The second kappa shape index (κ2) is 39.4. The number of benzene rings is 1. The number of amides is 1. The van der Waals surface area contributed by atoms with Crippen molar-refractivity contribution in [1.29, 1.82) is 0 Å². The van der Waals surface area contributed by atoms with Crippen molar-refractivity contribution in [2.45, 2.75) is 190 Å². The first-order chi connectivity index (χ1) is 24.4. The molecule has 0 aliphatic carbocycles. The molecule has 0 aromatic heterocycles. The van der Waals surface area contributed by atoms with Crippen molar-refractivity contribution in [3.8, 4) is 0 Å². The van der Waals surface area contributed by atoms with E-state index in [1.54, 1.807) is 49.3 Å². The maximum atomic E-state index is 12.6. The minimum Gasteiger partial charge on any atom is -1.00 e. The van der Waals surface area contributed by atoms with Crippen LogP contribution in [0.25, 0.3) is 0 Å². The normalized spacial score (nSPS) is 11.2. The van der Waals surface area contributed by atoms with Crippen LogP contribution < -0.4 is 39.3 Å². The molecule has 0 spiro atoms. The van der Waals surface area contributed by atoms with Gasteiger partial charge in [-0.05, 0) is 57.4 Å². The molecule has 0 aliphatic rings. The van der Waals surface area contributed by atoms with E-state index in [0.29, 0.717) is 11.1 Å². The summed E-state index contributed by atoms with van der Waals surface area (Å²) >= 11 is 0. The molecule has 3 nitrogen and oxygen atoms in total. The van der Waals surface area contributed by atoms with Gasteiger partial charge < -0.3 is 39.3 Å². The van der Waals surface area contributed by atoms with Crippen molar-refractivity contribution in [2.75, 3.05) is 49.4 Å². The Morgan fingerprint density at radius 3 is 1.19 bits per heavy atom. The summed E-state index contributed by atoms with van der Waals surface area (Å²) in [5, 5.41) is 3.19. The smallest absolute Gasteiger partial charge is 0.254 e. The number of carbonyl (C=O) groups is 2. The second-order valence-electron chi connectivity index (χ2n) is 15.4. The number of unbranched alkanes of at least 4 members (excludes halogenated alkanes) is 15. The van der Waals surface area contributed by atoms with E-state index in [2.05, 4.69) is 53.8 Å². The van der Waals surface area contributed by atoms with Gasteiger partial charge in [-0.3, -0.25) is 9.59 Å². The minimum absolute atomic E-state index is 0. The summed E-state index contributed by atoms with van der Waals surface area (Å²) in [6.45, 7) is 16.2. The maximum Gasteiger partial charge on any atom is 0.254 e. The molecule has 1 aromatic carbocycles. The zero-order valence-corrected chi connectivity index (χ0v) is 40.5. The lowest BCUT2D eigenvalue weighted by atomic mass is 10.1. The summed E-state index contributed by atoms with van der Waals surface area (Å²) in [5.74, 6) is -0.100. The Morgan fingerprint density at radius 2 is 0.808 bits per heavy atom. The number of hydrogen-bond acceptors (Lipinski definition) is 2. The number of hydrogen-bond donors (Lipinski definition) is 1. The Bertz CT molecular complexity index is 889. The Labute approximate surface area is 348 Å². The third kappa shape index (κ3) is 27.7. The molecule has 52 heavy (non-hydrogen) atoms. The van der Waals surface area contributed by atoms with Crippen molar-refractivity contribution < 1.29 is 43.6 Å². The molecule has 0 bridgehead atoms. The molecule has 7 heteroatoms. The number of rotatable bonds is 33. The predicted octanol–water partition coefficient (Wildman–Crippen LogP) is 8.94. The monoisotopic (exact) mass is 893 g/mol. The van der Waals surface area contributed by atoms with E-state index in [9.17, 15) is 9.59 Å². The van der Waals surface area contributed by atoms with Gasteiger partial charge in [-0.2, -0.15) is 0 Å². The predicted molar refractivity (Wildman–Crippen MR) is 233 cm³/mol. The molecule has 1 aromatic rings. The minimum atomic E-state index is -1.16. The standard InChI is InChI=1S/C24H52P.C21H34NO2P.2BrH/c1-5-9-13-14-15-16-17-18-19-20-24-25(21-10-6-2,22-11-7-3)23-12-8-4;1-4-7-14-25(15-8-5-2,16-9-6-3)18-22-21(24)20-13-11-10-12-19(20)17-23;;/h5-24H2,1-4H3;10-13,17H,4-9,14-16,18H2,1-3H3;2*1H/q+1;;;/p-1. The van der Waals surface area contributed by atoms with Gasteiger partial charge in [0, 0.05) is 25.7 Å². The number of aldehydes is 1. The molecular formula is C45H87Br2NO2P2. The average molecular weight is 896 g/mol. The van der Waals surface area contributed by atoms with Crippen LogP contribution in [0.2, 0.25) is 0 Å². The summed E-state index contributed by atoms with van der Waals surface area (Å²) in [5.41, 5.74) is 0.969. The Hall–Kier alpha value is 0.180. The summed E-state index contributed by atoms with van der Waals surface area (Å²) in [7, 11) is -1.78. The molecule has 1 rings (SSSR count). The van der Waals surface area contributed by atoms with Crippen LogP contribution in [-0.2, 0) is 0 Å². The highest BCUT2D eigenvalue weighted by molar-refractivity contribution is 7.76. The summed E-state index contributed by atoms with van der Waals surface area (Å²) < 4.78 is 0. The van der Waals surface area contributed by atoms with Gasteiger partial charge in [0.05, 0.1) is 43.1 Å². The largest absolute Gasteiger partial charge is 1.00 e. The van der Waals surface area contributed by atoms with Crippen LogP contribution in [0.4, 0.5) is 0 Å². The van der Waals surface area contributed by atoms with E-state index in [1.807, 2.05) is 6.07 Å². The first-order valence-electron chi connectivity index (χ1n) is 21.9. The van der Waals surface area contributed by atoms with Gasteiger partial charge in [-0.1, -0.05) is 157 Å². The molecule has 0 unspecified atom stereocenters. The van der Waals surface area contributed by atoms with E-state index in [4.69, 9.17) is 0 Å². The highest BCUT2D eigenvalue weighted by Crippen LogP contribution is 2.61. The van der Waals surface area contributed by atoms with Crippen LogP contribution in [0, 0.1) is 0 Å². The Morgan fingerprint density at radius 1 is 0.481 bits per heavy atom. The Balaban J connectivity index is -0.000000889. The van der Waals surface area contributed by atoms with Crippen LogP contribution in [0.15, 0.2) is 24.3 Å². The molecule has 308 valence electrons. The topological polar surface area (TPSA) is 46.2 Å². The molecule has 0 saturated heterocycles. The van der Waals surface area contributed by atoms with Crippen LogP contribution in [0.5, 0.6) is 0 Å². The van der Waals surface area contributed by atoms with Gasteiger partial charge in [-0.15, -0.1) is 0 Å². The highest BCUT2D eigenvalue weighted by Gasteiger charge is 2.36. The van der Waals surface area contributed by atoms with E-state index >= 15 is 0 Å². The first-order valence-corrected chi connectivity index (χ1v) is 26.9. The molecule has 1 N–H and O–H groups in total. The molecule has 0 fully saturated rings. The summed E-state index contributed by atoms with van der Waals surface area (Å²) in [6.07, 6.45) is 42.8. The van der Waals surface area contributed by atoms with Crippen molar-refractivity contribution in [3.63, 3.8) is 0 Å². The zero-order valence-electron chi connectivity index (χ0n) is 35.6. The molecule has 1 amide bonds. The molecular weight excluding hydrogens is 808 g/mol. The number of nitrogens with one attached hydrogen (secondary N) is 1. The first kappa shape index (κ1) is 56.5. The van der Waals surface area contributed by atoms with Crippen LogP contribution in [-0.4, -0.2) is 61.6 Å². The second-order valence-corrected chi connectivity index (χ2v) is 24.2. The summed E-state index contributed by atoms with van der Waals surface area (Å²) in [6, 6.07) is 7.05. The number of halogens is 2. The fourth-order valence-electron chi connectivity index (χ4n) is 7.28. The van der Waals surface area contributed by atoms with Crippen molar-refractivity contribution in [1.82, 2.24) is 5.32 Å². The van der Waals surface area contributed by atoms with Gasteiger partial charge in [0.1, 0.15) is 6.29 Å². The lowest BCUT2D eigenvalue weighted by molar-refractivity contribution is -0.00100. The number of carbonyl (C=O) groups excluding carboxylic acids is 2. The van der Waals surface area contributed by atoms with Gasteiger partial charge >= 0.3 is 0 Å². The van der Waals surface area contributed by atoms with Gasteiger partial charge in [0.25, 0.3) is 5.91 Å². The molecule has 0 aliphatic heterocycles. The van der Waals surface area contributed by atoms with Gasteiger partial charge in [0.15, 0.2) is 6.29 Å². The molecule has 0 saturated carbocycles. The zero-order chi connectivity index (χ0) is 37.2. The third-order valence-corrected chi connectivity index (χ3v) is 20.5.